The number of halogens is 1. The predicted molar refractivity (Wildman–Crippen MR) is 53.6 cm³/mol. The van der Waals surface area contributed by atoms with Gasteiger partial charge in [-0.3, -0.25) is 0 Å². The molecule has 0 fully saturated rings. The number of hydrogen-bond donors (Lipinski definition) is 1. The van der Waals surface area contributed by atoms with E-state index in [2.05, 4.69) is 13.8 Å². The molecule has 0 heterocycles. The first-order chi connectivity index (χ1) is 6.61. The molecule has 0 saturated heterocycles. The average molecular weight is 194 g/mol. The van der Waals surface area contributed by atoms with Gasteiger partial charge in [0.05, 0.1) is 6.10 Å². The van der Waals surface area contributed by atoms with Crippen LogP contribution in [0.1, 0.15) is 43.4 Å². The highest BCUT2D eigenvalue weighted by Gasteiger charge is 2.33. The van der Waals surface area contributed by atoms with E-state index in [1.807, 2.05) is 6.07 Å². The van der Waals surface area contributed by atoms with Crippen molar-refractivity contribution < 1.29 is 9.50 Å². The lowest BCUT2D eigenvalue weighted by Gasteiger charge is -2.15. The molecule has 0 saturated carbocycles. The van der Waals surface area contributed by atoms with E-state index >= 15 is 0 Å². The van der Waals surface area contributed by atoms with Crippen molar-refractivity contribution in [3.63, 3.8) is 0 Å². The zero-order valence-electron chi connectivity index (χ0n) is 8.50. The van der Waals surface area contributed by atoms with E-state index in [-0.39, 0.29) is 11.7 Å². The average Bonchev–Trinajstić information content (AvgIpc) is 2.46. The molecule has 1 aliphatic rings. The van der Waals surface area contributed by atoms with Crippen molar-refractivity contribution in [1.29, 1.82) is 0 Å². The van der Waals surface area contributed by atoms with Gasteiger partial charge in [-0.25, -0.2) is 4.39 Å². The Labute approximate surface area is 83.6 Å². The van der Waals surface area contributed by atoms with Crippen LogP contribution in [0.15, 0.2) is 18.2 Å². The smallest absolute Gasteiger partial charge is 0.127 e. The van der Waals surface area contributed by atoms with Gasteiger partial charge in [0.2, 0.25) is 0 Å². The van der Waals surface area contributed by atoms with E-state index in [0.717, 1.165) is 11.1 Å². The van der Waals surface area contributed by atoms with Gasteiger partial charge in [-0.1, -0.05) is 26.0 Å². The zero-order valence-corrected chi connectivity index (χ0v) is 8.50. The number of fused-ring (bicyclic) bond motifs is 1. The van der Waals surface area contributed by atoms with E-state index in [9.17, 15) is 9.50 Å². The first-order valence-corrected chi connectivity index (χ1v) is 5.07. The lowest BCUT2D eigenvalue weighted by Crippen LogP contribution is -2.04. The van der Waals surface area contributed by atoms with Crippen LogP contribution in [0.3, 0.4) is 0 Å². The Morgan fingerprint density at radius 2 is 2.14 bits per heavy atom. The lowest BCUT2D eigenvalue weighted by molar-refractivity contribution is 0.167. The molecule has 0 spiro atoms. The highest BCUT2D eigenvalue weighted by Crippen LogP contribution is 2.44. The van der Waals surface area contributed by atoms with Crippen molar-refractivity contribution in [3.05, 3.63) is 35.1 Å². The van der Waals surface area contributed by atoms with Crippen molar-refractivity contribution >= 4 is 0 Å². The fraction of sp³-hybridized carbons (Fsp3) is 0.500. The minimum Gasteiger partial charge on any atom is -0.388 e. The van der Waals surface area contributed by atoms with E-state index in [1.165, 1.54) is 6.07 Å². The predicted octanol–water partition coefficient (Wildman–Crippen LogP) is 3.00. The van der Waals surface area contributed by atoms with E-state index < -0.39 is 6.10 Å². The van der Waals surface area contributed by atoms with Gasteiger partial charge >= 0.3 is 0 Å². The third kappa shape index (κ3) is 1.34. The second-order valence-electron chi connectivity index (χ2n) is 4.34. The Hall–Kier alpha value is -0.890. The minimum atomic E-state index is -0.479. The molecule has 0 aliphatic heterocycles. The van der Waals surface area contributed by atoms with Gasteiger partial charge in [-0.05, 0) is 35.4 Å². The fourth-order valence-corrected chi connectivity index (χ4v) is 2.33. The third-order valence-electron chi connectivity index (χ3n) is 3.10. The van der Waals surface area contributed by atoms with E-state index in [1.54, 1.807) is 6.07 Å². The first-order valence-electron chi connectivity index (χ1n) is 5.07. The van der Waals surface area contributed by atoms with Crippen LogP contribution in [-0.4, -0.2) is 5.11 Å². The van der Waals surface area contributed by atoms with Gasteiger partial charge in [0.25, 0.3) is 0 Å². The Bertz CT molecular complexity index is 346. The van der Waals surface area contributed by atoms with E-state index in [0.29, 0.717) is 12.3 Å². The van der Waals surface area contributed by atoms with Gasteiger partial charge < -0.3 is 5.11 Å². The fourth-order valence-electron chi connectivity index (χ4n) is 2.33. The molecule has 1 aliphatic carbocycles. The molecule has 14 heavy (non-hydrogen) atoms. The number of aliphatic hydroxyl groups excluding tert-OH is 1. The largest absolute Gasteiger partial charge is 0.388 e. The van der Waals surface area contributed by atoms with Crippen LogP contribution in [0.4, 0.5) is 4.39 Å². The Balaban J connectivity index is 2.51. The first kappa shape index (κ1) is 9.66. The van der Waals surface area contributed by atoms with Crippen molar-refractivity contribution in [2.75, 3.05) is 0 Å². The number of aliphatic hydroxyl groups is 1. The maximum Gasteiger partial charge on any atom is 0.127 e. The van der Waals surface area contributed by atoms with Crippen molar-refractivity contribution in [3.8, 4) is 0 Å². The van der Waals surface area contributed by atoms with E-state index in [4.69, 9.17) is 0 Å². The summed E-state index contributed by atoms with van der Waals surface area (Å²) in [4.78, 5) is 0. The Morgan fingerprint density at radius 3 is 2.79 bits per heavy atom. The van der Waals surface area contributed by atoms with Crippen LogP contribution in [-0.2, 0) is 0 Å². The molecule has 0 amide bonds. The quantitative estimate of drug-likeness (QED) is 0.728. The molecular weight excluding hydrogens is 179 g/mol. The summed E-state index contributed by atoms with van der Waals surface area (Å²) in [6.07, 6.45) is 0.182. The molecule has 1 N–H and O–H groups in total. The molecule has 1 aromatic rings. The van der Waals surface area contributed by atoms with Crippen LogP contribution in [0.5, 0.6) is 0 Å². The summed E-state index contributed by atoms with van der Waals surface area (Å²) in [5.74, 6) is 0.377. The molecule has 0 radical (unpaired) electrons. The summed E-state index contributed by atoms with van der Waals surface area (Å²) in [5, 5.41) is 9.76. The second kappa shape index (κ2) is 3.35. The topological polar surface area (TPSA) is 20.2 Å². The summed E-state index contributed by atoms with van der Waals surface area (Å²) >= 11 is 0. The maximum atomic E-state index is 13.6. The van der Waals surface area contributed by atoms with Gasteiger partial charge in [-0.15, -0.1) is 0 Å². The summed E-state index contributed by atoms with van der Waals surface area (Å²) < 4.78 is 13.6. The standard InChI is InChI=1S/C12H15FO/c1-7(2)9-6-11(14)8-4-3-5-10(13)12(8)9/h3-5,7,9,11,14H,6H2,1-2H3/t9-,11+/m1/s1. The molecule has 1 aromatic carbocycles. The normalized spacial score (nSPS) is 25.5. The SMILES string of the molecule is CC(C)[C@H]1C[C@H](O)c2cccc(F)c21. The van der Waals surface area contributed by atoms with Gasteiger partial charge in [0.1, 0.15) is 5.82 Å². The molecule has 2 atom stereocenters. The number of rotatable bonds is 1. The molecule has 0 unspecified atom stereocenters. The maximum absolute atomic E-state index is 13.6. The van der Waals surface area contributed by atoms with Crippen molar-refractivity contribution in [2.45, 2.75) is 32.3 Å². The molecule has 0 aromatic heterocycles. The minimum absolute atomic E-state index is 0.168. The van der Waals surface area contributed by atoms with Gasteiger partial charge in [0, 0.05) is 0 Å². The second-order valence-corrected chi connectivity index (χ2v) is 4.34. The van der Waals surface area contributed by atoms with Crippen LogP contribution >= 0.6 is 0 Å². The highest BCUT2D eigenvalue weighted by molar-refractivity contribution is 5.38. The van der Waals surface area contributed by atoms with Crippen LogP contribution in [0.25, 0.3) is 0 Å². The number of hydrogen-bond acceptors (Lipinski definition) is 1. The molecule has 2 heteroatoms. The molecule has 1 nitrogen and oxygen atoms in total. The summed E-state index contributed by atoms with van der Waals surface area (Å²) in [7, 11) is 0. The lowest BCUT2D eigenvalue weighted by atomic mass is 9.90. The van der Waals surface area contributed by atoms with Crippen LogP contribution < -0.4 is 0 Å². The highest BCUT2D eigenvalue weighted by atomic mass is 19.1. The Morgan fingerprint density at radius 1 is 1.43 bits per heavy atom. The zero-order chi connectivity index (χ0) is 10.3. The van der Waals surface area contributed by atoms with Crippen molar-refractivity contribution in [1.82, 2.24) is 0 Å². The number of benzene rings is 1. The monoisotopic (exact) mass is 194 g/mol. The molecule has 2 rings (SSSR count). The summed E-state index contributed by atoms with van der Waals surface area (Å²) in [6, 6.07) is 4.97. The molecule has 0 bridgehead atoms. The molecular formula is C12H15FO. The van der Waals surface area contributed by atoms with Crippen LogP contribution in [0.2, 0.25) is 0 Å². The third-order valence-corrected chi connectivity index (χ3v) is 3.10. The van der Waals surface area contributed by atoms with Crippen LogP contribution in [0, 0.1) is 11.7 Å². The van der Waals surface area contributed by atoms with Gasteiger partial charge in [-0.2, -0.15) is 0 Å². The van der Waals surface area contributed by atoms with Gasteiger partial charge in [0.15, 0.2) is 0 Å². The van der Waals surface area contributed by atoms with Crippen molar-refractivity contribution in [2.24, 2.45) is 5.92 Å². The Kier molecular flexibility index (Phi) is 2.31. The summed E-state index contributed by atoms with van der Waals surface area (Å²) in [5.41, 5.74) is 1.51. The summed E-state index contributed by atoms with van der Waals surface area (Å²) in [6.45, 7) is 4.14. The molecule has 76 valence electrons.